The van der Waals surface area contributed by atoms with E-state index in [1.165, 1.54) is 4.90 Å². The zero-order valence-electron chi connectivity index (χ0n) is 21.2. The summed E-state index contributed by atoms with van der Waals surface area (Å²) in [6, 6.07) is 34.3. The molecule has 1 fully saturated rings. The fourth-order valence-electron chi connectivity index (χ4n) is 5.54. The summed E-state index contributed by atoms with van der Waals surface area (Å²) < 4.78 is 11.8. The molecule has 2 atom stereocenters. The first-order chi connectivity index (χ1) is 19.0. The van der Waals surface area contributed by atoms with E-state index in [2.05, 4.69) is 0 Å². The number of methoxy groups -OCH3 is 1. The number of carbonyl (C=O) groups is 3. The van der Waals surface area contributed by atoms with Gasteiger partial charge in [0.1, 0.15) is 23.2 Å². The molecule has 0 N–H and O–H groups in total. The highest BCUT2D eigenvalue weighted by atomic mass is 16.5. The number of benzene rings is 4. The van der Waals surface area contributed by atoms with Gasteiger partial charge in [-0.15, -0.1) is 0 Å². The van der Waals surface area contributed by atoms with Crippen molar-refractivity contribution in [3.8, 4) is 5.75 Å². The highest BCUT2D eigenvalue weighted by Crippen LogP contribution is 2.53. The number of rotatable bonds is 6. The van der Waals surface area contributed by atoms with Crippen LogP contribution in [0.2, 0.25) is 0 Å². The molecule has 4 aromatic carbocycles. The summed E-state index contributed by atoms with van der Waals surface area (Å²) in [5.74, 6) is -1.03. The van der Waals surface area contributed by atoms with Gasteiger partial charge in [-0.25, -0.2) is 0 Å². The Kier molecular flexibility index (Phi) is 6.08. The average Bonchev–Trinajstić information content (AvgIpc) is 3.24. The number of Topliss-reactive ketones (excluding diaryl/α,β-unsaturated/α-hetero) is 2. The van der Waals surface area contributed by atoms with Crippen molar-refractivity contribution in [2.24, 2.45) is 0 Å². The molecule has 192 valence electrons. The summed E-state index contributed by atoms with van der Waals surface area (Å²) >= 11 is 0. The maximum Gasteiger partial charge on any atom is 0.300 e. The summed E-state index contributed by atoms with van der Waals surface area (Å²) in [5, 5.41) is 0. The van der Waals surface area contributed by atoms with Crippen molar-refractivity contribution in [2.45, 2.75) is 18.1 Å². The van der Waals surface area contributed by atoms with Gasteiger partial charge in [-0.2, -0.15) is 0 Å². The van der Waals surface area contributed by atoms with E-state index in [-0.39, 0.29) is 23.5 Å². The van der Waals surface area contributed by atoms with Crippen LogP contribution in [0.5, 0.6) is 5.75 Å². The molecule has 0 radical (unpaired) electrons. The zero-order chi connectivity index (χ0) is 27.0. The molecule has 6 rings (SSSR count). The van der Waals surface area contributed by atoms with Crippen molar-refractivity contribution in [3.05, 3.63) is 138 Å². The third-order valence-corrected chi connectivity index (χ3v) is 7.34. The van der Waals surface area contributed by atoms with Crippen LogP contribution < -0.4 is 9.64 Å². The van der Waals surface area contributed by atoms with Crippen LogP contribution in [0.15, 0.2) is 121 Å². The molecule has 0 aromatic heterocycles. The first-order valence-electron chi connectivity index (χ1n) is 12.7. The quantitative estimate of drug-likeness (QED) is 0.240. The minimum absolute atomic E-state index is 0.0653. The lowest BCUT2D eigenvalue weighted by Gasteiger charge is -2.43. The maximum absolute atomic E-state index is 14.7. The molecule has 6 heteroatoms. The Labute approximate surface area is 226 Å². The Balaban J connectivity index is 1.67. The van der Waals surface area contributed by atoms with Crippen LogP contribution in [-0.4, -0.2) is 30.1 Å². The first-order valence-corrected chi connectivity index (χ1v) is 12.7. The normalized spacial score (nSPS) is 20.4. The van der Waals surface area contributed by atoms with Gasteiger partial charge in [-0.3, -0.25) is 19.3 Å². The molecule has 2 unspecified atom stereocenters. The first kappa shape index (κ1) is 24.4. The number of anilines is 1. The molecule has 39 heavy (non-hydrogen) atoms. The molecule has 2 aliphatic rings. The molecule has 0 saturated carbocycles. The number of nitrogens with zero attached hydrogens (tertiary/aromatic N) is 1. The Morgan fingerprint density at radius 2 is 1.41 bits per heavy atom. The molecular weight excluding hydrogens is 490 g/mol. The van der Waals surface area contributed by atoms with Gasteiger partial charge in [0.15, 0.2) is 5.78 Å². The van der Waals surface area contributed by atoms with E-state index in [9.17, 15) is 14.4 Å². The molecule has 0 aliphatic carbocycles. The lowest BCUT2D eigenvalue weighted by atomic mass is 9.74. The minimum atomic E-state index is -1.63. The molecular formula is C33H25NO5. The van der Waals surface area contributed by atoms with Gasteiger partial charge in [0, 0.05) is 23.2 Å². The largest absolute Gasteiger partial charge is 0.497 e. The van der Waals surface area contributed by atoms with Crippen molar-refractivity contribution in [1.29, 1.82) is 0 Å². The van der Waals surface area contributed by atoms with Crippen LogP contribution in [0.3, 0.4) is 0 Å². The van der Waals surface area contributed by atoms with Crippen LogP contribution in [0.1, 0.15) is 34.0 Å². The van der Waals surface area contributed by atoms with Crippen molar-refractivity contribution < 1.29 is 23.9 Å². The third-order valence-electron chi connectivity index (χ3n) is 7.34. The summed E-state index contributed by atoms with van der Waals surface area (Å²) in [6.45, 7) is 0. The molecule has 1 saturated heterocycles. The van der Waals surface area contributed by atoms with Crippen molar-refractivity contribution in [3.63, 3.8) is 0 Å². The van der Waals surface area contributed by atoms with Gasteiger partial charge < -0.3 is 9.47 Å². The zero-order valence-corrected chi connectivity index (χ0v) is 21.2. The monoisotopic (exact) mass is 515 g/mol. The van der Waals surface area contributed by atoms with Gasteiger partial charge in [-0.1, -0.05) is 91.0 Å². The van der Waals surface area contributed by atoms with Gasteiger partial charge in [-0.05, 0) is 29.8 Å². The SMILES string of the molecule is COc1ccc(N2C(=O)C(=O)C3=C(c4ccccc4)OC(c4ccccc4)CC32C(=O)c2ccccc2)cc1. The molecule has 0 bridgehead atoms. The van der Waals surface area contributed by atoms with Crippen LogP contribution in [0.25, 0.3) is 5.76 Å². The summed E-state index contributed by atoms with van der Waals surface area (Å²) in [5.41, 5.74) is 0.721. The minimum Gasteiger partial charge on any atom is -0.497 e. The van der Waals surface area contributed by atoms with Gasteiger partial charge in [0.25, 0.3) is 11.7 Å². The van der Waals surface area contributed by atoms with Crippen LogP contribution in [0.4, 0.5) is 5.69 Å². The third kappa shape index (κ3) is 3.92. The summed E-state index contributed by atoms with van der Waals surface area (Å²) in [7, 11) is 1.55. The Morgan fingerprint density at radius 1 is 0.821 bits per heavy atom. The lowest BCUT2D eigenvalue weighted by Crippen LogP contribution is -2.55. The highest BCUT2D eigenvalue weighted by molar-refractivity contribution is 6.55. The van der Waals surface area contributed by atoms with Crippen LogP contribution in [0, 0.1) is 0 Å². The Bertz CT molecular complexity index is 1580. The van der Waals surface area contributed by atoms with E-state index in [4.69, 9.17) is 9.47 Å². The van der Waals surface area contributed by atoms with Crippen molar-refractivity contribution in [2.75, 3.05) is 12.0 Å². The second-order valence-electron chi connectivity index (χ2n) is 9.51. The van der Waals surface area contributed by atoms with E-state index in [0.29, 0.717) is 22.6 Å². The van der Waals surface area contributed by atoms with Gasteiger partial charge in [0.05, 0.1) is 12.7 Å². The number of ketones is 2. The number of hydrogen-bond acceptors (Lipinski definition) is 5. The van der Waals surface area contributed by atoms with Crippen molar-refractivity contribution in [1.82, 2.24) is 0 Å². The highest BCUT2D eigenvalue weighted by Gasteiger charge is 2.64. The number of hydrogen-bond donors (Lipinski definition) is 0. The van der Waals surface area contributed by atoms with E-state index in [1.54, 1.807) is 55.6 Å². The molecule has 2 heterocycles. The van der Waals surface area contributed by atoms with E-state index in [0.717, 1.165) is 5.56 Å². The summed E-state index contributed by atoms with van der Waals surface area (Å²) in [6.07, 6.45) is -0.530. The molecule has 2 aliphatic heterocycles. The number of amides is 1. The smallest absolute Gasteiger partial charge is 0.300 e. The Morgan fingerprint density at radius 3 is 2.03 bits per heavy atom. The van der Waals surface area contributed by atoms with E-state index >= 15 is 0 Å². The second kappa shape index (κ2) is 9.72. The van der Waals surface area contributed by atoms with E-state index in [1.807, 2.05) is 66.7 Å². The average molecular weight is 516 g/mol. The predicted octanol–water partition coefficient (Wildman–Crippen LogP) is 5.81. The van der Waals surface area contributed by atoms with Crippen LogP contribution in [-0.2, 0) is 14.3 Å². The standard InChI is InChI=1S/C33H25NO5/c1-38-26-19-17-25(18-20-26)34-32(37)29(35)28-30(23-13-7-3-8-14-23)39-27(22-11-5-2-6-12-22)21-33(28,34)31(36)24-15-9-4-10-16-24/h2-20,27H,21H2,1H3. The number of ether oxygens (including phenoxy) is 2. The lowest BCUT2D eigenvalue weighted by molar-refractivity contribution is -0.132. The fraction of sp³-hybridized carbons (Fsp3) is 0.121. The molecule has 1 amide bonds. The second-order valence-corrected chi connectivity index (χ2v) is 9.51. The summed E-state index contributed by atoms with van der Waals surface area (Å²) in [4.78, 5) is 43.9. The predicted molar refractivity (Wildman–Crippen MR) is 147 cm³/mol. The molecule has 0 spiro atoms. The van der Waals surface area contributed by atoms with E-state index < -0.39 is 23.3 Å². The number of fused-ring (bicyclic) bond motifs is 1. The fourth-order valence-corrected chi connectivity index (χ4v) is 5.54. The topological polar surface area (TPSA) is 72.9 Å². The van der Waals surface area contributed by atoms with Crippen molar-refractivity contribution >= 4 is 28.9 Å². The van der Waals surface area contributed by atoms with Gasteiger partial charge in [0.2, 0.25) is 0 Å². The van der Waals surface area contributed by atoms with Gasteiger partial charge >= 0.3 is 0 Å². The number of carbonyl (C=O) groups excluding carboxylic acids is 3. The van der Waals surface area contributed by atoms with Crippen LogP contribution >= 0.6 is 0 Å². The molecule has 4 aromatic rings. The Hall–Kier alpha value is -4.97. The molecule has 6 nitrogen and oxygen atoms in total. The maximum atomic E-state index is 14.7.